The number of allylic oxidation sites excluding steroid dienone is 3. The van der Waals surface area contributed by atoms with Gasteiger partial charge in [-0.05, 0) is 70.2 Å². The summed E-state index contributed by atoms with van der Waals surface area (Å²) in [5, 5.41) is 10.0. The monoisotopic (exact) mass is 575 g/mol. The number of ether oxygens (including phenoxy) is 1. The van der Waals surface area contributed by atoms with Crippen molar-refractivity contribution in [1.82, 2.24) is 4.57 Å². The molecule has 0 saturated heterocycles. The van der Waals surface area contributed by atoms with E-state index in [1.165, 1.54) is 6.08 Å². The Morgan fingerprint density at radius 1 is 1.07 bits per heavy atom. The molecule has 0 unspecified atom stereocenters. The standard InChI is InChI=1S/C30H33N5O5S/c1-5-32-24-15-13-22(21-31)19-26(24)34(7-3)28(32)11-9-12-29-33(6-2)25-16-14-23(30(36)40-8-4)20-27(25)35(29)17-10-18-41(37,38)39/h9-16,18-20H,5-8,17H2,1-4H3/b18-10-. The Morgan fingerprint density at radius 2 is 1.80 bits per heavy atom. The van der Waals surface area contributed by atoms with Crippen molar-refractivity contribution in [2.75, 3.05) is 29.5 Å². The molecule has 11 heteroatoms. The van der Waals surface area contributed by atoms with Crippen molar-refractivity contribution < 1.29 is 27.1 Å². The van der Waals surface area contributed by atoms with Gasteiger partial charge < -0.3 is 19.1 Å². The van der Waals surface area contributed by atoms with Gasteiger partial charge in [0.2, 0.25) is 0 Å². The summed E-state index contributed by atoms with van der Waals surface area (Å²) in [5.74, 6) is 1.26. The van der Waals surface area contributed by atoms with Crippen LogP contribution < -0.4 is 14.4 Å². The molecule has 10 nitrogen and oxygen atoms in total. The minimum Gasteiger partial charge on any atom is -0.744 e. The molecule has 0 radical (unpaired) electrons. The number of aryl methyl sites for hydroxylation is 1. The maximum atomic E-state index is 12.5. The lowest BCUT2D eigenvalue weighted by molar-refractivity contribution is -0.670. The minimum absolute atomic E-state index is 0.0953. The molecule has 0 bridgehead atoms. The fourth-order valence-electron chi connectivity index (χ4n) is 5.17. The predicted octanol–water partition coefficient (Wildman–Crippen LogP) is 4.28. The fraction of sp³-hybridized carbons (Fsp3) is 0.300. The minimum atomic E-state index is -4.55. The Kier molecular flexibility index (Phi) is 8.95. The lowest BCUT2D eigenvalue weighted by Crippen LogP contribution is -2.35. The van der Waals surface area contributed by atoms with Crippen LogP contribution in [0, 0.1) is 11.3 Å². The molecule has 1 aromatic heterocycles. The highest BCUT2D eigenvalue weighted by Gasteiger charge is 2.29. The van der Waals surface area contributed by atoms with Crippen LogP contribution in [-0.2, 0) is 27.9 Å². The molecule has 214 valence electrons. The van der Waals surface area contributed by atoms with E-state index in [1.807, 2.05) is 54.0 Å². The molecule has 0 saturated carbocycles. The molecule has 41 heavy (non-hydrogen) atoms. The molecular formula is C30H33N5O5S. The second-order valence-corrected chi connectivity index (χ2v) is 10.4. The highest BCUT2D eigenvalue weighted by Crippen LogP contribution is 2.41. The molecule has 2 aromatic carbocycles. The van der Waals surface area contributed by atoms with Crippen LogP contribution in [0.1, 0.15) is 49.4 Å². The molecule has 0 spiro atoms. The second-order valence-electron chi connectivity index (χ2n) is 9.19. The first kappa shape index (κ1) is 29.6. The number of benzene rings is 2. The Hall–Kier alpha value is -4.40. The van der Waals surface area contributed by atoms with E-state index in [2.05, 4.69) is 34.3 Å². The number of aromatic nitrogens is 2. The molecule has 1 aliphatic rings. The van der Waals surface area contributed by atoms with E-state index >= 15 is 0 Å². The van der Waals surface area contributed by atoms with Crippen LogP contribution in [0.25, 0.3) is 17.1 Å². The van der Waals surface area contributed by atoms with Crippen molar-refractivity contribution in [3.63, 3.8) is 0 Å². The highest BCUT2D eigenvalue weighted by atomic mass is 32.2. The molecule has 1 aliphatic heterocycles. The quantitative estimate of drug-likeness (QED) is 0.199. The van der Waals surface area contributed by atoms with Gasteiger partial charge in [-0.25, -0.2) is 22.3 Å². The van der Waals surface area contributed by atoms with Crippen LogP contribution in [0.4, 0.5) is 11.4 Å². The van der Waals surface area contributed by atoms with Crippen LogP contribution >= 0.6 is 0 Å². The van der Waals surface area contributed by atoms with Gasteiger partial charge in [0, 0.05) is 30.6 Å². The number of carbonyl (C=O) groups excluding carboxylic acids is 1. The third kappa shape index (κ3) is 6.04. The van der Waals surface area contributed by atoms with Crippen molar-refractivity contribution >= 4 is 44.6 Å². The number of rotatable bonds is 10. The van der Waals surface area contributed by atoms with E-state index in [1.54, 1.807) is 19.1 Å². The van der Waals surface area contributed by atoms with Gasteiger partial charge in [-0.2, -0.15) is 5.26 Å². The normalized spacial score (nSPS) is 14.5. The lowest BCUT2D eigenvalue weighted by Gasteiger charge is -2.23. The van der Waals surface area contributed by atoms with E-state index < -0.39 is 16.1 Å². The van der Waals surface area contributed by atoms with Crippen LogP contribution in [0.3, 0.4) is 0 Å². The molecule has 0 amide bonds. The van der Waals surface area contributed by atoms with Crippen molar-refractivity contribution in [3.8, 4) is 6.07 Å². The number of hydrogen-bond acceptors (Lipinski definition) is 8. The molecular weight excluding hydrogens is 542 g/mol. The third-order valence-corrected chi connectivity index (χ3v) is 7.38. The molecule has 0 fully saturated rings. The fourth-order valence-corrected chi connectivity index (χ4v) is 5.49. The van der Waals surface area contributed by atoms with E-state index in [9.17, 15) is 23.0 Å². The summed E-state index contributed by atoms with van der Waals surface area (Å²) in [6.07, 6.45) is 7.15. The highest BCUT2D eigenvalue weighted by molar-refractivity contribution is 7.88. The Balaban J connectivity index is 1.83. The summed E-state index contributed by atoms with van der Waals surface area (Å²) in [6, 6.07) is 13.1. The zero-order valence-corrected chi connectivity index (χ0v) is 24.4. The van der Waals surface area contributed by atoms with Gasteiger partial charge in [-0.15, -0.1) is 0 Å². The van der Waals surface area contributed by atoms with Gasteiger partial charge in [0.25, 0.3) is 5.82 Å². The summed E-state index contributed by atoms with van der Waals surface area (Å²) < 4.78 is 42.8. The number of anilines is 2. The van der Waals surface area contributed by atoms with Gasteiger partial charge in [0.15, 0.2) is 11.0 Å². The molecule has 3 aromatic rings. The molecule has 0 N–H and O–H groups in total. The van der Waals surface area contributed by atoms with Crippen molar-refractivity contribution in [2.45, 2.75) is 40.8 Å². The van der Waals surface area contributed by atoms with Gasteiger partial charge in [0.1, 0.15) is 22.5 Å². The van der Waals surface area contributed by atoms with Crippen LogP contribution in [0.15, 0.2) is 65.9 Å². The molecule has 0 aliphatic carbocycles. The first-order chi connectivity index (χ1) is 19.7. The van der Waals surface area contributed by atoms with Crippen molar-refractivity contribution in [2.24, 2.45) is 0 Å². The van der Waals surface area contributed by atoms with Gasteiger partial charge in [-0.1, -0.05) is 6.08 Å². The smallest absolute Gasteiger partial charge is 0.338 e. The zero-order valence-electron chi connectivity index (χ0n) is 23.6. The number of carbonyl (C=O) groups is 1. The molecule has 0 atom stereocenters. The summed E-state index contributed by atoms with van der Waals surface area (Å²) in [7, 11) is -4.55. The van der Waals surface area contributed by atoms with Gasteiger partial charge >= 0.3 is 5.97 Å². The summed E-state index contributed by atoms with van der Waals surface area (Å²) >= 11 is 0. The third-order valence-electron chi connectivity index (χ3n) is 6.85. The summed E-state index contributed by atoms with van der Waals surface area (Å²) in [5.41, 5.74) is 4.51. The average molecular weight is 576 g/mol. The Labute approximate surface area is 240 Å². The van der Waals surface area contributed by atoms with Crippen molar-refractivity contribution in [3.05, 3.63) is 82.8 Å². The SMILES string of the molecule is CCOC(=O)c1ccc2c(c1)n(C/C=C\S(=O)(=O)[O-])c(/C=C/C=C1\N(CC)c3ccc(C#N)cc3N1CC)[n+]2CC. The number of hydrogen-bond donors (Lipinski definition) is 0. The number of fused-ring (bicyclic) bond motifs is 2. The number of esters is 1. The van der Waals surface area contributed by atoms with Gasteiger partial charge in [0.05, 0.1) is 41.7 Å². The Morgan fingerprint density at radius 3 is 2.44 bits per heavy atom. The average Bonchev–Trinajstić information content (AvgIpc) is 3.42. The maximum absolute atomic E-state index is 12.5. The predicted molar refractivity (Wildman–Crippen MR) is 157 cm³/mol. The van der Waals surface area contributed by atoms with E-state index in [0.717, 1.165) is 35.1 Å². The van der Waals surface area contributed by atoms with Crippen LogP contribution in [-0.4, -0.2) is 43.2 Å². The van der Waals surface area contributed by atoms with Crippen LogP contribution in [0.5, 0.6) is 0 Å². The topological polar surface area (TPSA) is 123 Å². The largest absolute Gasteiger partial charge is 0.744 e. The van der Waals surface area contributed by atoms with E-state index in [0.29, 0.717) is 35.1 Å². The molecule has 2 heterocycles. The Bertz CT molecular complexity index is 1710. The van der Waals surface area contributed by atoms with Crippen molar-refractivity contribution in [1.29, 1.82) is 5.26 Å². The zero-order chi connectivity index (χ0) is 29.7. The van der Waals surface area contributed by atoms with Gasteiger partial charge in [-0.3, -0.25) is 0 Å². The molecule has 4 rings (SSSR count). The van der Waals surface area contributed by atoms with Crippen LogP contribution in [0.2, 0.25) is 0 Å². The maximum Gasteiger partial charge on any atom is 0.338 e. The second kappa shape index (κ2) is 12.4. The van der Waals surface area contributed by atoms with E-state index in [-0.39, 0.29) is 13.2 Å². The first-order valence-corrected chi connectivity index (χ1v) is 15.0. The number of nitrogens with zero attached hydrogens (tertiary/aromatic N) is 5. The number of nitriles is 1. The number of imidazole rings is 1. The summed E-state index contributed by atoms with van der Waals surface area (Å²) in [6.45, 7) is 10.2. The summed E-state index contributed by atoms with van der Waals surface area (Å²) in [4.78, 5) is 16.8. The lowest BCUT2D eigenvalue weighted by atomic mass is 10.2. The first-order valence-electron chi connectivity index (χ1n) is 13.5. The van der Waals surface area contributed by atoms with E-state index in [4.69, 9.17) is 4.74 Å².